The first kappa shape index (κ1) is 14.1. The van der Waals surface area contributed by atoms with E-state index in [2.05, 4.69) is 61.3 Å². The first-order valence-electron chi connectivity index (χ1n) is 8.17. The fraction of sp³-hybridized carbons (Fsp3) is 0.667. The molecule has 1 aromatic rings. The molecule has 1 aliphatic heterocycles. The molecule has 2 nitrogen and oxygen atoms in total. The van der Waals surface area contributed by atoms with Crippen molar-refractivity contribution < 1.29 is 0 Å². The third-order valence-electron chi connectivity index (χ3n) is 5.44. The smallest absolute Gasteiger partial charge is 0.0476 e. The molecule has 2 heteroatoms. The van der Waals surface area contributed by atoms with Gasteiger partial charge in [-0.05, 0) is 37.7 Å². The third kappa shape index (κ3) is 2.64. The average Bonchev–Trinajstić information content (AvgIpc) is 2.45. The van der Waals surface area contributed by atoms with Crippen LogP contribution >= 0.6 is 0 Å². The Morgan fingerprint density at radius 3 is 2.55 bits per heavy atom. The topological polar surface area (TPSA) is 15.3 Å². The fourth-order valence-electron chi connectivity index (χ4n) is 3.76. The van der Waals surface area contributed by atoms with E-state index in [9.17, 15) is 0 Å². The van der Waals surface area contributed by atoms with Gasteiger partial charge in [0.15, 0.2) is 0 Å². The van der Waals surface area contributed by atoms with Crippen molar-refractivity contribution >= 4 is 0 Å². The number of nitrogens with one attached hydrogen (secondary N) is 1. The summed E-state index contributed by atoms with van der Waals surface area (Å²) in [5.74, 6) is 0.916. The molecule has 1 saturated carbocycles. The van der Waals surface area contributed by atoms with Gasteiger partial charge in [0.05, 0.1) is 0 Å². The molecule has 0 bridgehead atoms. The monoisotopic (exact) mass is 272 g/mol. The molecule has 110 valence electrons. The molecule has 0 spiro atoms. The van der Waals surface area contributed by atoms with E-state index in [1.165, 1.54) is 31.4 Å². The molecule has 2 unspecified atom stereocenters. The van der Waals surface area contributed by atoms with Crippen LogP contribution in [-0.2, 0) is 0 Å². The quantitative estimate of drug-likeness (QED) is 0.904. The minimum atomic E-state index is 0.282. The van der Waals surface area contributed by atoms with E-state index in [1.54, 1.807) is 0 Å². The zero-order valence-corrected chi connectivity index (χ0v) is 13.1. The van der Waals surface area contributed by atoms with Crippen LogP contribution < -0.4 is 5.32 Å². The van der Waals surface area contributed by atoms with Crippen molar-refractivity contribution in [3.8, 4) is 0 Å². The third-order valence-corrected chi connectivity index (χ3v) is 5.44. The van der Waals surface area contributed by atoms with Gasteiger partial charge in [-0.15, -0.1) is 0 Å². The summed E-state index contributed by atoms with van der Waals surface area (Å²) in [4.78, 5) is 2.79. The van der Waals surface area contributed by atoms with Crippen molar-refractivity contribution in [2.24, 2.45) is 5.92 Å². The van der Waals surface area contributed by atoms with Crippen LogP contribution in [0.2, 0.25) is 0 Å². The second-order valence-electron chi connectivity index (χ2n) is 7.12. The molecular formula is C18H28N2. The predicted molar refractivity (Wildman–Crippen MR) is 84.8 cm³/mol. The number of benzene rings is 1. The molecule has 3 rings (SSSR count). The Morgan fingerprint density at radius 2 is 1.95 bits per heavy atom. The van der Waals surface area contributed by atoms with Crippen molar-refractivity contribution in [3.05, 3.63) is 35.9 Å². The first-order chi connectivity index (χ1) is 9.61. The highest BCUT2D eigenvalue weighted by Crippen LogP contribution is 2.39. The lowest BCUT2D eigenvalue weighted by atomic mass is 9.78. The minimum absolute atomic E-state index is 0.282. The van der Waals surface area contributed by atoms with E-state index in [1.807, 2.05) is 0 Å². The summed E-state index contributed by atoms with van der Waals surface area (Å²) in [6.45, 7) is 9.33. The summed E-state index contributed by atoms with van der Waals surface area (Å²) in [5, 5.41) is 3.80. The maximum absolute atomic E-state index is 3.80. The van der Waals surface area contributed by atoms with Crippen LogP contribution in [0.15, 0.2) is 30.3 Å². The Balaban J connectivity index is 1.81. The van der Waals surface area contributed by atoms with Crippen molar-refractivity contribution in [2.75, 3.05) is 13.1 Å². The van der Waals surface area contributed by atoms with E-state index in [-0.39, 0.29) is 5.54 Å². The van der Waals surface area contributed by atoms with E-state index in [0.29, 0.717) is 6.04 Å². The Kier molecular flexibility index (Phi) is 3.87. The van der Waals surface area contributed by atoms with Crippen molar-refractivity contribution in [1.29, 1.82) is 0 Å². The average molecular weight is 272 g/mol. The zero-order chi connectivity index (χ0) is 14.2. The lowest BCUT2D eigenvalue weighted by Crippen LogP contribution is -2.63. The zero-order valence-electron chi connectivity index (χ0n) is 13.1. The molecule has 2 aliphatic rings. The molecule has 1 aromatic carbocycles. The lowest BCUT2D eigenvalue weighted by Gasteiger charge is -2.53. The minimum Gasteiger partial charge on any atom is -0.308 e. The van der Waals surface area contributed by atoms with Gasteiger partial charge in [-0.1, -0.05) is 44.2 Å². The Morgan fingerprint density at radius 1 is 1.25 bits per heavy atom. The molecule has 0 radical (unpaired) electrons. The molecule has 2 atom stereocenters. The summed E-state index contributed by atoms with van der Waals surface area (Å²) in [6.07, 6.45) is 3.96. The highest BCUT2D eigenvalue weighted by Gasteiger charge is 2.41. The van der Waals surface area contributed by atoms with Gasteiger partial charge in [-0.3, -0.25) is 4.90 Å². The summed E-state index contributed by atoms with van der Waals surface area (Å²) in [6, 6.07) is 12.4. The SMILES string of the molecule is CCC1(C)CN(C2CC(C)C2)C(c2ccccc2)CN1. The lowest BCUT2D eigenvalue weighted by molar-refractivity contribution is -0.00546. The number of hydrogen-bond donors (Lipinski definition) is 1. The summed E-state index contributed by atoms with van der Waals surface area (Å²) in [7, 11) is 0. The molecule has 1 aliphatic carbocycles. The summed E-state index contributed by atoms with van der Waals surface area (Å²) < 4.78 is 0. The Labute approximate surface area is 123 Å². The number of hydrogen-bond acceptors (Lipinski definition) is 2. The molecule has 0 aromatic heterocycles. The van der Waals surface area contributed by atoms with Crippen LogP contribution in [0.5, 0.6) is 0 Å². The Bertz CT molecular complexity index is 438. The standard InChI is InChI=1S/C18H28N2/c1-4-18(3)13-20(16-10-14(2)11-16)17(12-19-18)15-8-6-5-7-9-15/h5-9,14,16-17,19H,4,10-13H2,1-3H3. The van der Waals surface area contributed by atoms with Gasteiger partial charge >= 0.3 is 0 Å². The Hall–Kier alpha value is -0.860. The highest BCUT2D eigenvalue weighted by molar-refractivity contribution is 5.21. The highest BCUT2D eigenvalue weighted by atomic mass is 15.3. The maximum atomic E-state index is 3.80. The van der Waals surface area contributed by atoms with Gasteiger partial charge in [0.1, 0.15) is 0 Å². The molecule has 20 heavy (non-hydrogen) atoms. The molecule has 1 N–H and O–H groups in total. The molecular weight excluding hydrogens is 244 g/mol. The van der Waals surface area contributed by atoms with Crippen LogP contribution in [0.1, 0.15) is 51.6 Å². The molecule has 1 saturated heterocycles. The van der Waals surface area contributed by atoms with Gasteiger partial charge in [-0.2, -0.15) is 0 Å². The van der Waals surface area contributed by atoms with Crippen LogP contribution in [0.4, 0.5) is 0 Å². The largest absolute Gasteiger partial charge is 0.308 e. The van der Waals surface area contributed by atoms with Crippen molar-refractivity contribution in [2.45, 2.75) is 57.7 Å². The molecule has 1 heterocycles. The van der Waals surface area contributed by atoms with Crippen molar-refractivity contribution in [1.82, 2.24) is 10.2 Å². The van der Waals surface area contributed by atoms with Gasteiger partial charge in [0.25, 0.3) is 0 Å². The van der Waals surface area contributed by atoms with Crippen LogP contribution in [0.25, 0.3) is 0 Å². The van der Waals surface area contributed by atoms with E-state index < -0.39 is 0 Å². The van der Waals surface area contributed by atoms with Crippen LogP contribution in [-0.4, -0.2) is 29.6 Å². The van der Waals surface area contributed by atoms with Gasteiger partial charge in [0.2, 0.25) is 0 Å². The fourth-order valence-corrected chi connectivity index (χ4v) is 3.76. The van der Waals surface area contributed by atoms with Gasteiger partial charge < -0.3 is 5.32 Å². The number of nitrogens with zero attached hydrogens (tertiary/aromatic N) is 1. The van der Waals surface area contributed by atoms with Gasteiger partial charge in [0, 0.05) is 30.7 Å². The first-order valence-corrected chi connectivity index (χ1v) is 8.17. The van der Waals surface area contributed by atoms with Gasteiger partial charge in [-0.25, -0.2) is 0 Å². The number of rotatable bonds is 3. The summed E-state index contributed by atoms with van der Waals surface area (Å²) >= 11 is 0. The number of piperazine rings is 1. The second-order valence-corrected chi connectivity index (χ2v) is 7.12. The van der Waals surface area contributed by atoms with E-state index in [0.717, 1.165) is 18.5 Å². The van der Waals surface area contributed by atoms with Crippen LogP contribution in [0.3, 0.4) is 0 Å². The van der Waals surface area contributed by atoms with E-state index in [4.69, 9.17) is 0 Å². The van der Waals surface area contributed by atoms with Crippen LogP contribution in [0, 0.1) is 5.92 Å². The maximum Gasteiger partial charge on any atom is 0.0476 e. The second kappa shape index (κ2) is 5.50. The van der Waals surface area contributed by atoms with Crippen molar-refractivity contribution in [3.63, 3.8) is 0 Å². The summed E-state index contributed by atoms with van der Waals surface area (Å²) in [5.41, 5.74) is 1.75. The predicted octanol–water partition coefficient (Wildman–Crippen LogP) is 3.60. The molecule has 2 fully saturated rings. The normalized spacial score (nSPS) is 38.5. The van der Waals surface area contributed by atoms with E-state index >= 15 is 0 Å². The molecule has 0 amide bonds.